The van der Waals surface area contributed by atoms with Crippen molar-refractivity contribution in [3.8, 4) is 0 Å². The van der Waals surface area contributed by atoms with Gasteiger partial charge in [0.15, 0.2) is 0 Å². The van der Waals surface area contributed by atoms with Crippen molar-refractivity contribution in [2.45, 2.75) is 31.2 Å². The summed E-state index contributed by atoms with van der Waals surface area (Å²) < 4.78 is 40.1. The minimum absolute atomic E-state index is 0.136. The van der Waals surface area contributed by atoms with Crippen molar-refractivity contribution in [2.24, 2.45) is 0 Å². The fourth-order valence-electron chi connectivity index (χ4n) is 2.85. The smallest absolute Gasteiger partial charge is 0.245 e. The number of nitrogens with zero attached hydrogens (tertiary/aromatic N) is 2. The summed E-state index contributed by atoms with van der Waals surface area (Å²) in [4.78, 5) is 2.10. The Labute approximate surface area is 125 Å². The summed E-state index contributed by atoms with van der Waals surface area (Å²) in [5.74, 6) is -0.699. The predicted molar refractivity (Wildman–Crippen MR) is 80.9 cm³/mol. The molecule has 0 spiro atoms. The van der Waals surface area contributed by atoms with Gasteiger partial charge >= 0.3 is 0 Å². The maximum absolute atomic E-state index is 13.5. The van der Waals surface area contributed by atoms with Gasteiger partial charge in [-0.25, -0.2) is 12.8 Å². The Morgan fingerprint density at radius 3 is 2.67 bits per heavy atom. The Kier molecular flexibility index (Phi) is 4.85. The highest BCUT2D eigenvalue weighted by molar-refractivity contribution is 7.89. The summed E-state index contributed by atoms with van der Waals surface area (Å²) in [6, 6.07) is 4.11. The van der Waals surface area contributed by atoms with Gasteiger partial charge in [0.05, 0.1) is 5.69 Å². The third-order valence-electron chi connectivity index (χ3n) is 4.09. The number of likely N-dealkylation sites (N-methyl/N-ethyl adjacent to an activating group) is 1. The van der Waals surface area contributed by atoms with Crippen molar-refractivity contribution in [1.29, 1.82) is 0 Å². The lowest BCUT2D eigenvalue weighted by Crippen LogP contribution is -2.38. The Morgan fingerprint density at radius 1 is 1.38 bits per heavy atom. The van der Waals surface area contributed by atoms with Gasteiger partial charge in [-0.15, -0.1) is 0 Å². The van der Waals surface area contributed by atoms with Crippen LogP contribution in [0.1, 0.15) is 20.3 Å². The quantitative estimate of drug-likeness (QED) is 0.837. The van der Waals surface area contributed by atoms with E-state index in [4.69, 9.17) is 5.73 Å². The molecule has 2 rings (SSSR count). The van der Waals surface area contributed by atoms with Crippen LogP contribution >= 0.6 is 0 Å². The van der Waals surface area contributed by atoms with Crippen LogP contribution in [-0.2, 0) is 10.0 Å². The first-order valence-corrected chi connectivity index (χ1v) is 8.64. The third-order valence-corrected chi connectivity index (χ3v) is 6.01. The summed E-state index contributed by atoms with van der Waals surface area (Å²) in [6.07, 6.45) is 0.788. The molecule has 0 bridgehead atoms. The van der Waals surface area contributed by atoms with E-state index in [9.17, 15) is 12.8 Å². The van der Waals surface area contributed by atoms with Crippen molar-refractivity contribution >= 4 is 15.7 Å². The van der Waals surface area contributed by atoms with Gasteiger partial charge in [-0.05, 0) is 31.6 Å². The molecule has 0 radical (unpaired) electrons. The molecule has 2 N–H and O–H groups in total. The van der Waals surface area contributed by atoms with Gasteiger partial charge in [0.1, 0.15) is 10.7 Å². The molecule has 0 aromatic heterocycles. The van der Waals surface area contributed by atoms with Crippen LogP contribution < -0.4 is 5.73 Å². The highest BCUT2D eigenvalue weighted by Crippen LogP contribution is 2.28. The van der Waals surface area contributed by atoms with Crippen LogP contribution in [0.25, 0.3) is 0 Å². The Morgan fingerprint density at radius 2 is 2.05 bits per heavy atom. The largest absolute Gasteiger partial charge is 0.395 e. The van der Waals surface area contributed by atoms with Gasteiger partial charge in [0.2, 0.25) is 10.0 Å². The molecule has 1 aliphatic rings. The van der Waals surface area contributed by atoms with Crippen molar-refractivity contribution in [2.75, 3.05) is 31.9 Å². The van der Waals surface area contributed by atoms with Gasteiger partial charge in [-0.3, -0.25) is 4.90 Å². The SMILES string of the molecule is CCN(CC)C1CCN(S(=O)(=O)c2cccc(F)c2N)C1. The number of halogens is 1. The molecule has 21 heavy (non-hydrogen) atoms. The molecule has 0 amide bonds. The monoisotopic (exact) mass is 315 g/mol. The third kappa shape index (κ3) is 3.04. The second-order valence-corrected chi connectivity index (χ2v) is 7.08. The summed E-state index contributed by atoms with van der Waals surface area (Å²) in [5, 5.41) is 0. The van der Waals surface area contributed by atoms with E-state index < -0.39 is 15.8 Å². The minimum Gasteiger partial charge on any atom is -0.395 e. The number of anilines is 1. The number of rotatable bonds is 5. The molecule has 1 aromatic carbocycles. The van der Waals surface area contributed by atoms with E-state index in [1.54, 1.807) is 0 Å². The summed E-state index contributed by atoms with van der Waals surface area (Å²) in [7, 11) is -3.73. The molecule has 1 unspecified atom stereocenters. The maximum Gasteiger partial charge on any atom is 0.245 e. The average Bonchev–Trinajstić information content (AvgIpc) is 2.93. The Hall–Kier alpha value is -1.18. The Bertz CT molecular complexity index is 602. The molecular weight excluding hydrogens is 293 g/mol. The number of benzene rings is 1. The first kappa shape index (κ1) is 16.2. The number of sulfonamides is 1. The van der Waals surface area contributed by atoms with Crippen LogP contribution in [0.2, 0.25) is 0 Å². The molecule has 5 nitrogen and oxygen atoms in total. The lowest BCUT2D eigenvalue weighted by atomic mass is 10.2. The fraction of sp³-hybridized carbons (Fsp3) is 0.571. The van der Waals surface area contributed by atoms with Crippen LogP contribution in [0.15, 0.2) is 23.1 Å². The van der Waals surface area contributed by atoms with Crippen LogP contribution in [0.3, 0.4) is 0 Å². The van der Waals surface area contributed by atoms with Gasteiger partial charge < -0.3 is 5.73 Å². The zero-order valence-electron chi connectivity index (χ0n) is 12.4. The van der Waals surface area contributed by atoms with Crippen LogP contribution in [0.4, 0.5) is 10.1 Å². The van der Waals surface area contributed by atoms with E-state index in [-0.39, 0.29) is 16.6 Å². The standard InChI is InChI=1S/C14H22FN3O2S/c1-3-17(4-2)11-8-9-18(10-11)21(19,20)13-7-5-6-12(15)14(13)16/h5-7,11H,3-4,8-10,16H2,1-2H3. The van der Waals surface area contributed by atoms with Crippen molar-refractivity contribution in [1.82, 2.24) is 9.21 Å². The fourth-order valence-corrected chi connectivity index (χ4v) is 4.47. The average molecular weight is 315 g/mol. The molecule has 0 aliphatic carbocycles. The van der Waals surface area contributed by atoms with Crippen molar-refractivity contribution < 1.29 is 12.8 Å². The van der Waals surface area contributed by atoms with Gasteiger partial charge in [-0.1, -0.05) is 19.9 Å². The van der Waals surface area contributed by atoms with E-state index in [0.29, 0.717) is 13.1 Å². The molecule has 1 fully saturated rings. The van der Waals surface area contributed by atoms with Gasteiger partial charge in [-0.2, -0.15) is 4.31 Å². The van der Waals surface area contributed by atoms with E-state index in [1.165, 1.54) is 16.4 Å². The van der Waals surface area contributed by atoms with Crippen molar-refractivity contribution in [3.05, 3.63) is 24.0 Å². The molecule has 1 atom stereocenters. The number of nitrogens with two attached hydrogens (primary N) is 1. The Balaban J connectivity index is 2.24. The van der Waals surface area contributed by atoms with E-state index in [0.717, 1.165) is 25.6 Å². The zero-order chi connectivity index (χ0) is 15.6. The molecule has 1 aromatic rings. The molecule has 118 valence electrons. The highest BCUT2D eigenvalue weighted by atomic mass is 32.2. The van der Waals surface area contributed by atoms with Gasteiger partial charge in [0, 0.05) is 19.1 Å². The van der Waals surface area contributed by atoms with E-state index >= 15 is 0 Å². The summed E-state index contributed by atoms with van der Waals surface area (Å²) >= 11 is 0. The molecule has 0 saturated carbocycles. The summed E-state index contributed by atoms with van der Waals surface area (Å²) in [5.41, 5.74) is 5.29. The van der Waals surface area contributed by atoms with E-state index in [2.05, 4.69) is 18.7 Å². The summed E-state index contributed by atoms with van der Waals surface area (Å²) in [6.45, 7) is 6.77. The maximum atomic E-state index is 13.5. The molecule has 1 saturated heterocycles. The number of hydrogen-bond acceptors (Lipinski definition) is 4. The molecule has 1 heterocycles. The normalized spacial score (nSPS) is 20.3. The number of para-hydroxylation sites is 1. The second kappa shape index (κ2) is 6.29. The second-order valence-electron chi connectivity index (χ2n) is 5.18. The topological polar surface area (TPSA) is 66.6 Å². The predicted octanol–water partition coefficient (Wildman–Crippen LogP) is 1.51. The van der Waals surface area contributed by atoms with Crippen molar-refractivity contribution in [3.63, 3.8) is 0 Å². The lowest BCUT2D eigenvalue weighted by Gasteiger charge is -2.26. The molecular formula is C14H22FN3O2S. The van der Waals surface area contributed by atoms with Gasteiger partial charge in [0.25, 0.3) is 0 Å². The molecule has 1 aliphatic heterocycles. The molecule has 7 heteroatoms. The number of hydrogen-bond donors (Lipinski definition) is 1. The highest BCUT2D eigenvalue weighted by Gasteiger charge is 2.35. The van der Waals surface area contributed by atoms with Crippen LogP contribution in [-0.4, -0.2) is 49.8 Å². The van der Waals surface area contributed by atoms with Crippen LogP contribution in [0.5, 0.6) is 0 Å². The van der Waals surface area contributed by atoms with Crippen LogP contribution in [0, 0.1) is 5.82 Å². The van der Waals surface area contributed by atoms with E-state index in [1.807, 2.05) is 0 Å². The first-order chi connectivity index (χ1) is 9.91. The first-order valence-electron chi connectivity index (χ1n) is 7.20. The zero-order valence-corrected chi connectivity index (χ0v) is 13.2. The lowest BCUT2D eigenvalue weighted by molar-refractivity contribution is 0.224. The minimum atomic E-state index is -3.73. The number of nitrogen functional groups attached to an aromatic ring is 1.